The average Bonchev–Trinajstić information content (AvgIpc) is 2.83. The molecule has 2 fully saturated rings. The number of anilines is 2. The highest BCUT2D eigenvalue weighted by molar-refractivity contribution is 5.74. The Bertz CT molecular complexity index is 769. The largest absolute Gasteiger partial charge is 0.378 e. The number of urea groups is 1. The Morgan fingerprint density at radius 2 is 1.23 bits per heavy atom. The van der Waals surface area contributed by atoms with Crippen LogP contribution in [0, 0.1) is 0 Å². The zero-order valence-electron chi connectivity index (χ0n) is 17.0. The van der Waals surface area contributed by atoms with E-state index in [4.69, 9.17) is 9.47 Å². The van der Waals surface area contributed by atoms with Crippen molar-refractivity contribution in [3.63, 3.8) is 0 Å². The van der Waals surface area contributed by atoms with Crippen molar-refractivity contribution >= 4 is 17.7 Å². The third kappa shape index (κ3) is 5.17. The molecule has 2 saturated heterocycles. The molecule has 2 aliphatic rings. The lowest BCUT2D eigenvalue weighted by atomic mass is 10.2. The van der Waals surface area contributed by atoms with Crippen molar-refractivity contribution < 1.29 is 14.3 Å². The van der Waals surface area contributed by atoms with Crippen molar-refractivity contribution in [3.05, 3.63) is 47.8 Å². The molecule has 9 nitrogen and oxygen atoms in total. The fourth-order valence-corrected chi connectivity index (χ4v) is 3.67. The fourth-order valence-electron chi connectivity index (χ4n) is 3.67. The van der Waals surface area contributed by atoms with E-state index in [1.54, 1.807) is 12.4 Å². The first-order valence-electron chi connectivity index (χ1n) is 10.4. The number of hydrogen-bond donors (Lipinski definition) is 2. The monoisotopic (exact) mass is 412 g/mol. The van der Waals surface area contributed by atoms with Crippen molar-refractivity contribution in [2.24, 2.45) is 0 Å². The van der Waals surface area contributed by atoms with Gasteiger partial charge in [0, 0.05) is 62.8 Å². The van der Waals surface area contributed by atoms with Crippen LogP contribution in [0.2, 0.25) is 0 Å². The van der Waals surface area contributed by atoms with E-state index in [0.29, 0.717) is 39.5 Å². The van der Waals surface area contributed by atoms with Gasteiger partial charge in [-0.05, 0) is 12.1 Å². The van der Waals surface area contributed by atoms with E-state index in [1.807, 2.05) is 24.3 Å². The standard InChI is InChI=1S/C21H28N6O3/c28-21(24-15-17-3-1-5-22-19(17)26-7-11-29-12-8-26)25-16-18-4-2-6-23-20(18)27-9-13-30-14-10-27/h1-6H,7-16H2,(H2,24,25,28). The summed E-state index contributed by atoms with van der Waals surface area (Å²) in [5.74, 6) is 1.81. The van der Waals surface area contributed by atoms with E-state index in [0.717, 1.165) is 48.9 Å². The van der Waals surface area contributed by atoms with Gasteiger partial charge in [0.15, 0.2) is 0 Å². The summed E-state index contributed by atoms with van der Waals surface area (Å²) >= 11 is 0. The summed E-state index contributed by atoms with van der Waals surface area (Å²) in [5, 5.41) is 5.89. The summed E-state index contributed by atoms with van der Waals surface area (Å²) in [6.07, 6.45) is 3.56. The molecule has 2 aromatic rings. The van der Waals surface area contributed by atoms with Gasteiger partial charge in [-0.15, -0.1) is 0 Å². The Labute approximate surface area is 176 Å². The van der Waals surface area contributed by atoms with Crippen molar-refractivity contribution in [2.75, 3.05) is 62.4 Å². The van der Waals surface area contributed by atoms with Gasteiger partial charge < -0.3 is 29.9 Å². The summed E-state index contributed by atoms with van der Waals surface area (Å²) in [4.78, 5) is 25.9. The summed E-state index contributed by atoms with van der Waals surface area (Å²) in [6.45, 7) is 6.83. The lowest BCUT2D eigenvalue weighted by molar-refractivity contribution is 0.122. The maximum absolute atomic E-state index is 12.4. The number of nitrogens with zero attached hydrogens (tertiary/aromatic N) is 4. The SMILES string of the molecule is O=C(NCc1cccnc1N1CCOCC1)NCc1cccnc1N1CCOCC1. The van der Waals surface area contributed by atoms with Gasteiger partial charge in [-0.1, -0.05) is 12.1 Å². The molecule has 4 rings (SSSR count). The van der Waals surface area contributed by atoms with E-state index in [9.17, 15) is 4.79 Å². The zero-order chi connectivity index (χ0) is 20.6. The van der Waals surface area contributed by atoms with Gasteiger partial charge in [-0.3, -0.25) is 0 Å². The molecule has 4 heterocycles. The molecular weight excluding hydrogens is 384 g/mol. The minimum Gasteiger partial charge on any atom is -0.378 e. The molecule has 0 radical (unpaired) electrons. The highest BCUT2D eigenvalue weighted by atomic mass is 16.5. The number of carbonyl (C=O) groups is 1. The van der Waals surface area contributed by atoms with Crippen LogP contribution in [-0.2, 0) is 22.6 Å². The number of amides is 2. The first-order valence-corrected chi connectivity index (χ1v) is 10.4. The van der Waals surface area contributed by atoms with Crippen LogP contribution >= 0.6 is 0 Å². The Hall–Kier alpha value is -2.91. The number of nitrogens with one attached hydrogen (secondary N) is 2. The first kappa shape index (κ1) is 20.4. The first-order chi connectivity index (χ1) is 14.8. The zero-order valence-corrected chi connectivity index (χ0v) is 17.0. The third-order valence-electron chi connectivity index (χ3n) is 5.24. The van der Waals surface area contributed by atoms with E-state index < -0.39 is 0 Å². The van der Waals surface area contributed by atoms with Crippen LogP contribution in [0.1, 0.15) is 11.1 Å². The lowest BCUT2D eigenvalue weighted by Gasteiger charge is -2.29. The van der Waals surface area contributed by atoms with Gasteiger partial charge in [-0.2, -0.15) is 0 Å². The maximum atomic E-state index is 12.4. The summed E-state index contributed by atoms with van der Waals surface area (Å²) in [7, 11) is 0. The van der Waals surface area contributed by atoms with Gasteiger partial charge in [0.2, 0.25) is 0 Å². The van der Waals surface area contributed by atoms with Gasteiger partial charge in [0.1, 0.15) is 11.6 Å². The van der Waals surface area contributed by atoms with E-state index >= 15 is 0 Å². The normalized spacial score (nSPS) is 16.9. The van der Waals surface area contributed by atoms with Crippen LogP contribution < -0.4 is 20.4 Å². The molecule has 0 saturated carbocycles. The van der Waals surface area contributed by atoms with E-state index in [1.165, 1.54) is 0 Å². The smallest absolute Gasteiger partial charge is 0.315 e. The highest BCUT2D eigenvalue weighted by Gasteiger charge is 2.17. The quantitative estimate of drug-likeness (QED) is 0.735. The van der Waals surface area contributed by atoms with Gasteiger partial charge in [0.05, 0.1) is 26.4 Å². The Kier molecular flexibility index (Phi) is 6.94. The van der Waals surface area contributed by atoms with Crippen LogP contribution in [0.5, 0.6) is 0 Å². The number of hydrogen-bond acceptors (Lipinski definition) is 7. The second kappa shape index (κ2) is 10.2. The number of aromatic nitrogens is 2. The van der Waals surface area contributed by atoms with Crippen molar-refractivity contribution in [2.45, 2.75) is 13.1 Å². The summed E-state index contributed by atoms with van der Waals surface area (Å²) in [6, 6.07) is 7.56. The van der Waals surface area contributed by atoms with Gasteiger partial charge in [-0.25, -0.2) is 14.8 Å². The molecule has 30 heavy (non-hydrogen) atoms. The number of pyridine rings is 2. The van der Waals surface area contributed by atoms with Crippen LogP contribution in [0.3, 0.4) is 0 Å². The van der Waals surface area contributed by atoms with Crippen molar-refractivity contribution in [1.29, 1.82) is 0 Å². The van der Waals surface area contributed by atoms with Gasteiger partial charge in [0.25, 0.3) is 0 Å². The summed E-state index contributed by atoms with van der Waals surface area (Å²) in [5.41, 5.74) is 1.98. The molecular formula is C21H28N6O3. The fraction of sp³-hybridized carbons (Fsp3) is 0.476. The third-order valence-corrected chi connectivity index (χ3v) is 5.24. The number of rotatable bonds is 6. The molecule has 9 heteroatoms. The number of carbonyl (C=O) groups excluding carboxylic acids is 1. The summed E-state index contributed by atoms with van der Waals surface area (Å²) < 4.78 is 10.8. The lowest BCUT2D eigenvalue weighted by Crippen LogP contribution is -2.39. The number of ether oxygens (including phenoxy) is 2. The van der Waals surface area contributed by atoms with E-state index in [2.05, 4.69) is 30.4 Å². The molecule has 160 valence electrons. The van der Waals surface area contributed by atoms with Crippen molar-refractivity contribution in [3.8, 4) is 0 Å². The topological polar surface area (TPSA) is 91.9 Å². The molecule has 2 N–H and O–H groups in total. The molecule has 0 spiro atoms. The Balaban J connectivity index is 1.32. The molecule has 0 aliphatic carbocycles. The second-order valence-electron chi connectivity index (χ2n) is 7.21. The van der Waals surface area contributed by atoms with Crippen LogP contribution in [0.4, 0.5) is 16.4 Å². The minimum atomic E-state index is -0.219. The molecule has 2 amide bonds. The maximum Gasteiger partial charge on any atom is 0.315 e. The predicted octanol–water partition coefficient (Wildman–Crippen LogP) is 1.15. The van der Waals surface area contributed by atoms with Crippen LogP contribution in [0.25, 0.3) is 0 Å². The molecule has 0 unspecified atom stereocenters. The second-order valence-corrected chi connectivity index (χ2v) is 7.21. The van der Waals surface area contributed by atoms with Crippen LogP contribution in [-0.4, -0.2) is 68.6 Å². The van der Waals surface area contributed by atoms with E-state index in [-0.39, 0.29) is 6.03 Å². The van der Waals surface area contributed by atoms with Gasteiger partial charge >= 0.3 is 6.03 Å². The number of morpholine rings is 2. The van der Waals surface area contributed by atoms with Crippen LogP contribution in [0.15, 0.2) is 36.7 Å². The molecule has 0 aromatic carbocycles. The Morgan fingerprint density at radius 3 is 1.67 bits per heavy atom. The Morgan fingerprint density at radius 1 is 0.800 bits per heavy atom. The average molecular weight is 412 g/mol. The van der Waals surface area contributed by atoms with Crippen molar-refractivity contribution in [1.82, 2.24) is 20.6 Å². The molecule has 2 aliphatic heterocycles. The predicted molar refractivity (Wildman–Crippen MR) is 114 cm³/mol. The minimum absolute atomic E-state index is 0.219. The molecule has 2 aromatic heterocycles. The molecule has 0 bridgehead atoms. The highest BCUT2D eigenvalue weighted by Crippen LogP contribution is 2.19. The molecule has 0 atom stereocenters.